The SMILES string of the molecule is CN(C(=O)c1cc(Br)cc(C(=O)O)c1)C1CC1. The Morgan fingerprint density at radius 3 is 2.41 bits per heavy atom. The molecule has 0 heterocycles. The summed E-state index contributed by atoms with van der Waals surface area (Å²) in [6.45, 7) is 0. The third kappa shape index (κ3) is 2.66. The molecule has 1 fully saturated rings. The van der Waals surface area contributed by atoms with Gasteiger partial charge < -0.3 is 10.0 Å². The van der Waals surface area contributed by atoms with E-state index in [1.165, 1.54) is 12.1 Å². The lowest BCUT2D eigenvalue weighted by Gasteiger charge is -2.16. The summed E-state index contributed by atoms with van der Waals surface area (Å²) in [4.78, 5) is 24.6. The summed E-state index contributed by atoms with van der Waals surface area (Å²) in [7, 11) is 1.75. The number of carbonyl (C=O) groups is 2. The maximum Gasteiger partial charge on any atom is 0.335 e. The Bertz CT molecular complexity index is 483. The minimum absolute atomic E-state index is 0.118. The van der Waals surface area contributed by atoms with Crippen molar-refractivity contribution in [3.63, 3.8) is 0 Å². The van der Waals surface area contributed by atoms with Gasteiger partial charge >= 0.3 is 5.97 Å². The predicted molar refractivity (Wildman–Crippen MR) is 66.2 cm³/mol. The molecule has 1 N–H and O–H groups in total. The second-order valence-corrected chi connectivity index (χ2v) is 5.10. The van der Waals surface area contributed by atoms with E-state index in [1.54, 1.807) is 18.0 Å². The Hall–Kier alpha value is -1.36. The predicted octanol–water partition coefficient (Wildman–Crippen LogP) is 2.38. The van der Waals surface area contributed by atoms with Crippen molar-refractivity contribution in [1.29, 1.82) is 0 Å². The zero-order chi connectivity index (χ0) is 12.6. The van der Waals surface area contributed by atoms with E-state index < -0.39 is 5.97 Å². The highest BCUT2D eigenvalue weighted by atomic mass is 79.9. The fourth-order valence-corrected chi connectivity index (χ4v) is 2.16. The van der Waals surface area contributed by atoms with E-state index in [4.69, 9.17) is 5.11 Å². The summed E-state index contributed by atoms with van der Waals surface area (Å²) in [6, 6.07) is 4.85. The van der Waals surface area contributed by atoms with Gasteiger partial charge in [-0.25, -0.2) is 4.79 Å². The lowest BCUT2D eigenvalue weighted by Crippen LogP contribution is -2.28. The molecule has 0 unspecified atom stereocenters. The fraction of sp³-hybridized carbons (Fsp3) is 0.333. The Kier molecular flexibility index (Phi) is 3.19. The average Bonchev–Trinajstić information content (AvgIpc) is 3.10. The van der Waals surface area contributed by atoms with E-state index in [2.05, 4.69) is 15.9 Å². The van der Waals surface area contributed by atoms with Crippen molar-refractivity contribution in [2.45, 2.75) is 18.9 Å². The molecule has 1 saturated carbocycles. The molecular weight excluding hydrogens is 286 g/mol. The molecule has 90 valence electrons. The first-order valence-electron chi connectivity index (χ1n) is 5.30. The second-order valence-electron chi connectivity index (χ2n) is 4.18. The Morgan fingerprint density at radius 2 is 1.88 bits per heavy atom. The van der Waals surface area contributed by atoms with E-state index in [0.29, 0.717) is 16.1 Å². The highest BCUT2D eigenvalue weighted by Crippen LogP contribution is 2.27. The molecule has 0 aliphatic heterocycles. The first-order chi connectivity index (χ1) is 7.99. The van der Waals surface area contributed by atoms with Crippen molar-refractivity contribution in [3.8, 4) is 0 Å². The maximum absolute atomic E-state index is 12.1. The van der Waals surface area contributed by atoms with Crippen LogP contribution in [0.5, 0.6) is 0 Å². The largest absolute Gasteiger partial charge is 0.478 e. The molecule has 1 aromatic carbocycles. The van der Waals surface area contributed by atoms with Gasteiger partial charge in [0.05, 0.1) is 5.56 Å². The average molecular weight is 298 g/mol. The third-order valence-electron chi connectivity index (χ3n) is 2.81. The van der Waals surface area contributed by atoms with Crippen LogP contribution >= 0.6 is 15.9 Å². The van der Waals surface area contributed by atoms with Gasteiger partial charge in [0.25, 0.3) is 5.91 Å². The maximum atomic E-state index is 12.1. The molecule has 0 spiro atoms. The summed E-state index contributed by atoms with van der Waals surface area (Å²) < 4.78 is 0.602. The molecule has 1 aliphatic rings. The van der Waals surface area contributed by atoms with Crippen LogP contribution in [0.15, 0.2) is 22.7 Å². The molecule has 17 heavy (non-hydrogen) atoms. The number of halogens is 1. The summed E-state index contributed by atoms with van der Waals surface area (Å²) >= 11 is 3.22. The van der Waals surface area contributed by atoms with Crippen molar-refractivity contribution in [2.24, 2.45) is 0 Å². The first-order valence-corrected chi connectivity index (χ1v) is 6.09. The van der Waals surface area contributed by atoms with Gasteiger partial charge in [-0.1, -0.05) is 15.9 Å². The van der Waals surface area contributed by atoms with Crippen LogP contribution in [0.4, 0.5) is 0 Å². The quantitative estimate of drug-likeness (QED) is 0.932. The van der Waals surface area contributed by atoms with Gasteiger partial charge in [0, 0.05) is 23.1 Å². The first kappa shape index (κ1) is 12.1. The van der Waals surface area contributed by atoms with Crippen LogP contribution in [0.25, 0.3) is 0 Å². The number of rotatable bonds is 3. The van der Waals surface area contributed by atoms with Crippen molar-refractivity contribution in [1.82, 2.24) is 4.90 Å². The molecule has 0 bridgehead atoms. The minimum Gasteiger partial charge on any atom is -0.478 e. The number of benzene rings is 1. The number of amides is 1. The molecule has 2 rings (SSSR count). The van der Waals surface area contributed by atoms with E-state index >= 15 is 0 Å². The van der Waals surface area contributed by atoms with Crippen molar-refractivity contribution < 1.29 is 14.7 Å². The summed E-state index contributed by atoms with van der Waals surface area (Å²) in [5.74, 6) is -1.16. The number of aromatic carboxylic acids is 1. The van der Waals surface area contributed by atoms with E-state index in [0.717, 1.165) is 12.8 Å². The normalized spacial score (nSPS) is 14.5. The van der Waals surface area contributed by atoms with Crippen LogP contribution in [0.3, 0.4) is 0 Å². The molecule has 0 aromatic heterocycles. The van der Waals surface area contributed by atoms with Crippen LogP contribution in [0.1, 0.15) is 33.6 Å². The highest BCUT2D eigenvalue weighted by Gasteiger charge is 2.30. The van der Waals surface area contributed by atoms with Gasteiger partial charge in [0.2, 0.25) is 0 Å². The monoisotopic (exact) mass is 297 g/mol. The topological polar surface area (TPSA) is 57.6 Å². The number of hydrogen-bond donors (Lipinski definition) is 1. The number of nitrogens with zero attached hydrogens (tertiary/aromatic N) is 1. The van der Waals surface area contributed by atoms with E-state index in [-0.39, 0.29) is 11.5 Å². The Balaban J connectivity index is 2.30. The van der Waals surface area contributed by atoms with E-state index in [9.17, 15) is 9.59 Å². The molecule has 1 amide bonds. The van der Waals surface area contributed by atoms with Crippen LogP contribution < -0.4 is 0 Å². The second kappa shape index (κ2) is 4.49. The van der Waals surface area contributed by atoms with Gasteiger partial charge in [0.15, 0.2) is 0 Å². The summed E-state index contributed by atoms with van der Waals surface area (Å²) in [5.41, 5.74) is 0.526. The minimum atomic E-state index is -1.03. The number of hydrogen-bond acceptors (Lipinski definition) is 2. The molecule has 4 nitrogen and oxygen atoms in total. The Labute approximate surface area is 107 Å². The van der Waals surface area contributed by atoms with Gasteiger partial charge in [-0.15, -0.1) is 0 Å². The number of carboxylic acid groups (broad SMARTS) is 1. The lowest BCUT2D eigenvalue weighted by molar-refractivity contribution is 0.0697. The van der Waals surface area contributed by atoms with Crippen LogP contribution in [-0.2, 0) is 0 Å². The fourth-order valence-electron chi connectivity index (χ4n) is 1.67. The van der Waals surface area contributed by atoms with Crippen LogP contribution in [-0.4, -0.2) is 35.0 Å². The van der Waals surface area contributed by atoms with Crippen molar-refractivity contribution in [2.75, 3.05) is 7.05 Å². The third-order valence-corrected chi connectivity index (χ3v) is 3.26. The molecular formula is C12H12BrNO3. The number of carbonyl (C=O) groups excluding carboxylic acids is 1. The molecule has 1 aromatic rings. The van der Waals surface area contributed by atoms with Crippen LogP contribution in [0, 0.1) is 0 Å². The Morgan fingerprint density at radius 1 is 1.29 bits per heavy atom. The molecule has 0 atom stereocenters. The van der Waals surface area contributed by atoms with Gasteiger partial charge in [-0.05, 0) is 31.0 Å². The van der Waals surface area contributed by atoms with Crippen molar-refractivity contribution >= 4 is 27.8 Å². The zero-order valence-corrected chi connectivity index (χ0v) is 10.9. The molecule has 0 radical (unpaired) electrons. The van der Waals surface area contributed by atoms with Gasteiger partial charge in [-0.2, -0.15) is 0 Å². The van der Waals surface area contributed by atoms with Gasteiger partial charge in [0.1, 0.15) is 0 Å². The smallest absolute Gasteiger partial charge is 0.335 e. The molecule has 5 heteroatoms. The summed E-state index contributed by atoms with van der Waals surface area (Å²) in [5, 5.41) is 8.93. The standard InChI is InChI=1S/C12H12BrNO3/c1-14(10-2-3-10)11(15)7-4-8(12(16)17)6-9(13)5-7/h4-6,10H,2-3H2,1H3,(H,16,17). The lowest BCUT2D eigenvalue weighted by atomic mass is 10.1. The van der Waals surface area contributed by atoms with E-state index in [1.807, 2.05) is 0 Å². The van der Waals surface area contributed by atoms with Crippen LogP contribution in [0.2, 0.25) is 0 Å². The molecule has 1 aliphatic carbocycles. The van der Waals surface area contributed by atoms with Crippen molar-refractivity contribution in [3.05, 3.63) is 33.8 Å². The summed E-state index contributed by atoms with van der Waals surface area (Å²) in [6.07, 6.45) is 2.06. The highest BCUT2D eigenvalue weighted by molar-refractivity contribution is 9.10. The number of carboxylic acids is 1. The zero-order valence-electron chi connectivity index (χ0n) is 9.31. The molecule has 0 saturated heterocycles. The van der Waals surface area contributed by atoms with Gasteiger partial charge in [-0.3, -0.25) is 4.79 Å².